The van der Waals surface area contributed by atoms with Gasteiger partial charge in [-0.2, -0.15) is 0 Å². The van der Waals surface area contributed by atoms with Gasteiger partial charge in [-0.15, -0.1) is 5.10 Å². The van der Waals surface area contributed by atoms with Gasteiger partial charge in [-0.1, -0.05) is 36.4 Å². The largest absolute Gasteiger partial charge is 0.352 e. The van der Waals surface area contributed by atoms with Gasteiger partial charge in [0.05, 0.1) is 16.9 Å². The number of aromatic nitrogens is 4. The molecule has 0 fully saturated rings. The summed E-state index contributed by atoms with van der Waals surface area (Å²) in [6.07, 6.45) is 2.52. The molecule has 4 rings (SSSR count). The highest BCUT2D eigenvalue weighted by Gasteiger charge is 2.37. The predicted octanol–water partition coefficient (Wildman–Crippen LogP) is 4.05. The van der Waals surface area contributed by atoms with Crippen LogP contribution in [-0.2, 0) is 23.2 Å². The number of carbonyl (C=O) groups is 3. The summed E-state index contributed by atoms with van der Waals surface area (Å²) >= 11 is 0. The van der Waals surface area contributed by atoms with Gasteiger partial charge in [0.1, 0.15) is 12.1 Å². The molecule has 0 saturated carbocycles. The molecular formula is C28H32N6O3. The van der Waals surface area contributed by atoms with Crippen molar-refractivity contribution in [1.29, 1.82) is 0 Å². The lowest BCUT2D eigenvalue weighted by Gasteiger charge is -2.35. The standard InChI is InChI=1S/C28H32N6O3/c1-6-28(3,4)29-27(37)26(24-16-11-17-32(24)5)34(22-14-9-7-12-20(22)19(2)35)25(36)18-33-23-15-10-8-13-21(23)30-31-33/h7-17,26H,6,18H2,1-5H3,(H,29,37)/t26-/m1/s1. The van der Waals surface area contributed by atoms with E-state index in [4.69, 9.17) is 0 Å². The first-order valence-corrected chi connectivity index (χ1v) is 12.3. The molecule has 0 aliphatic heterocycles. The Labute approximate surface area is 216 Å². The van der Waals surface area contributed by atoms with Gasteiger partial charge in [0.2, 0.25) is 11.8 Å². The van der Waals surface area contributed by atoms with Crippen LogP contribution in [0.4, 0.5) is 5.69 Å². The van der Waals surface area contributed by atoms with Gasteiger partial charge in [0.25, 0.3) is 0 Å². The number of rotatable bonds is 9. The number of hydrogen-bond acceptors (Lipinski definition) is 5. The van der Waals surface area contributed by atoms with E-state index in [1.54, 1.807) is 24.3 Å². The molecule has 1 N–H and O–H groups in total. The molecule has 0 radical (unpaired) electrons. The van der Waals surface area contributed by atoms with E-state index in [-0.39, 0.29) is 18.2 Å². The van der Waals surface area contributed by atoms with Gasteiger partial charge in [0.15, 0.2) is 11.8 Å². The van der Waals surface area contributed by atoms with Crippen molar-refractivity contribution in [3.8, 4) is 0 Å². The van der Waals surface area contributed by atoms with Crippen LogP contribution in [0, 0.1) is 0 Å². The second kappa shape index (κ2) is 10.4. The molecule has 2 heterocycles. The van der Waals surface area contributed by atoms with E-state index >= 15 is 0 Å². The average molecular weight is 501 g/mol. The van der Waals surface area contributed by atoms with Crippen molar-refractivity contribution >= 4 is 34.3 Å². The third kappa shape index (κ3) is 5.30. The van der Waals surface area contributed by atoms with Gasteiger partial charge in [0, 0.05) is 24.3 Å². The van der Waals surface area contributed by atoms with Gasteiger partial charge < -0.3 is 9.88 Å². The minimum absolute atomic E-state index is 0.169. The van der Waals surface area contributed by atoms with E-state index in [2.05, 4.69) is 15.6 Å². The number of benzene rings is 2. The van der Waals surface area contributed by atoms with Gasteiger partial charge in [-0.25, -0.2) is 4.68 Å². The van der Waals surface area contributed by atoms with Crippen LogP contribution in [0.15, 0.2) is 66.9 Å². The molecule has 2 aromatic carbocycles. The Balaban J connectivity index is 1.88. The summed E-state index contributed by atoms with van der Waals surface area (Å²) < 4.78 is 3.32. The maximum Gasteiger partial charge on any atom is 0.249 e. The van der Waals surface area contributed by atoms with E-state index in [9.17, 15) is 14.4 Å². The first kappa shape index (κ1) is 25.8. The van der Waals surface area contributed by atoms with Crippen molar-refractivity contribution in [2.75, 3.05) is 4.90 Å². The number of nitrogens with zero attached hydrogens (tertiary/aromatic N) is 5. The van der Waals surface area contributed by atoms with Crippen molar-refractivity contribution in [3.05, 3.63) is 78.1 Å². The molecular weight excluding hydrogens is 468 g/mol. The van der Waals surface area contributed by atoms with Crippen LogP contribution >= 0.6 is 0 Å². The van der Waals surface area contributed by atoms with Gasteiger partial charge in [-0.3, -0.25) is 19.3 Å². The van der Waals surface area contributed by atoms with E-state index in [1.807, 2.05) is 75.0 Å². The summed E-state index contributed by atoms with van der Waals surface area (Å²) in [7, 11) is 1.82. The van der Waals surface area contributed by atoms with Crippen LogP contribution in [-0.4, -0.2) is 42.7 Å². The molecule has 0 saturated heterocycles. The molecule has 0 bridgehead atoms. The molecule has 9 nitrogen and oxygen atoms in total. The van der Waals surface area contributed by atoms with Crippen molar-refractivity contribution in [1.82, 2.24) is 24.9 Å². The monoisotopic (exact) mass is 500 g/mol. The lowest BCUT2D eigenvalue weighted by atomic mass is 9.99. The summed E-state index contributed by atoms with van der Waals surface area (Å²) in [6, 6.07) is 16.8. The average Bonchev–Trinajstić information content (AvgIpc) is 3.48. The van der Waals surface area contributed by atoms with E-state index in [0.29, 0.717) is 34.4 Å². The van der Waals surface area contributed by atoms with Crippen LogP contribution in [0.3, 0.4) is 0 Å². The summed E-state index contributed by atoms with van der Waals surface area (Å²) in [5.41, 5.74) is 2.17. The molecule has 4 aromatic rings. The smallest absolute Gasteiger partial charge is 0.249 e. The summed E-state index contributed by atoms with van der Waals surface area (Å²) in [5, 5.41) is 11.4. The zero-order valence-corrected chi connectivity index (χ0v) is 21.8. The van der Waals surface area contributed by atoms with Gasteiger partial charge >= 0.3 is 0 Å². The fourth-order valence-electron chi connectivity index (χ4n) is 4.27. The Morgan fingerprint density at radius 1 is 1.03 bits per heavy atom. The van der Waals surface area contributed by atoms with Crippen LogP contribution in [0.25, 0.3) is 11.0 Å². The van der Waals surface area contributed by atoms with Crippen molar-refractivity contribution in [3.63, 3.8) is 0 Å². The number of aryl methyl sites for hydroxylation is 1. The number of anilines is 1. The Morgan fingerprint density at radius 3 is 2.41 bits per heavy atom. The van der Waals surface area contributed by atoms with E-state index < -0.39 is 17.5 Å². The highest BCUT2D eigenvalue weighted by atomic mass is 16.2. The lowest BCUT2D eigenvalue weighted by Crippen LogP contribution is -2.51. The molecule has 37 heavy (non-hydrogen) atoms. The van der Waals surface area contributed by atoms with Crippen LogP contribution in [0.5, 0.6) is 0 Å². The molecule has 0 unspecified atom stereocenters. The molecule has 0 spiro atoms. The Bertz CT molecular complexity index is 1450. The first-order chi connectivity index (χ1) is 17.6. The van der Waals surface area contributed by atoms with E-state index in [1.165, 1.54) is 16.5 Å². The number of fused-ring (bicyclic) bond motifs is 1. The second-order valence-corrected chi connectivity index (χ2v) is 9.75. The minimum Gasteiger partial charge on any atom is -0.352 e. The van der Waals surface area contributed by atoms with Crippen molar-refractivity contribution in [2.45, 2.75) is 52.2 Å². The van der Waals surface area contributed by atoms with Crippen LogP contribution in [0.2, 0.25) is 0 Å². The number of nitrogens with one attached hydrogen (secondary N) is 1. The quantitative estimate of drug-likeness (QED) is 0.349. The van der Waals surface area contributed by atoms with Crippen molar-refractivity contribution in [2.24, 2.45) is 7.05 Å². The zero-order valence-electron chi connectivity index (χ0n) is 21.8. The second-order valence-electron chi connectivity index (χ2n) is 9.75. The fourth-order valence-corrected chi connectivity index (χ4v) is 4.27. The lowest BCUT2D eigenvalue weighted by molar-refractivity contribution is -0.128. The van der Waals surface area contributed by atoms with Crippen molar-refractivity contribution < 1.29 is 14.4 Å². The van der Waals surface area contributed by atoms with Crippen LogP contribution in [0.1, 0.15) is 56.2 Å². The summed E-state index contributed by atoms with van der Waals surface area (Å²) in [6.45, 7) is 7.14. The zero-order chi connectivity index (χ0) is 26.7. The molecule has 9 heteroatoms. The number of carbonyl (C=O) groups excluding carboxylic acids is 3. The maximum absolute atomic E-state index is 14.2. The van der Waals surface area contributed by atoms with Crippen LogP contribution < -0.4 is 10.2 Å². The molecule has 192 valence electrons. The highest BCUT2D eigenvalue weighted by molar-refractivity contribution is 6.08. The molecule has 1 atom stereocenters. The number of amides is 2. The molecule has 0 aliphatic rings. The molecule has 2 amide bonds. The Hall–Kier alpha value is -4.27. The summed E-state index contributed by atoms with van der Waals surface area (Å²) in [5.74, 6) is -0.955. The topological polar surface area (TPSA) is 102 Å². The molecule has 0 aliphatic carbocycles. The van der Waals surface area contributed by atoms with E-state index in [0.717, 1.165) is 0 Å². The summed E-state index contributed by atoms with van der Waals surface area (Å²) in [4.78, 5) is 42.2. The normalized spacial score (nSPS) is 12.4. The first-order valence-electron chi connectivity index (χ1n) is 12.3. The SMILES string of the molecule is CCC(C)(C)NC(=O)[C@@H](c1cccn1C)N(C(=O)Cn1nnc2ccccc21)c1ccccc1C(C)=O. The number of hydrogen-bond donors (Lipinski definition) is 1. The third-order valence-electron chi connectivity index (χ3n) is 6.63. The number of ketones is 1. The fraction of sp³-hybridized carbons (Fsp3) is 0.321. The van der Waals surface area contributed by atoms with Gasteiger partial charge in [-0.05, 0) is 63.6 Å². The predicted molar refractivity (Wildman–Crippen MR) is 142 cm³/mol. The minimum atomic E-state index is -1.03. The Kier molecular flexibility index (Phi) is 7.24. The molecule has 2 aromatic heterocycles. The number of para-hydroxylation sites is 2. The third-order valence-corrected chi connectivity index (χ3v) is 6.63. The Morgan fingerprint density at radius 2 is 1.73 bits per heavy atom. The highest BCUT2D eigenvalue weighted by Crippen LogP contribution is 2.32. The maximum atomic E-state index is 14.2. The number of Topliss-reactive ketones (excluding diaryl/α,β-unsaturated/α-hetero) is 1.